The fourth-order valence-corrected chi connectivity index (χ4v) is 5.96. The largest absolute Gasteiger partial charge is 0.496 e. The normalized spacial score (nSPS) is 14.3. The first-order valence-electron chi connectivity index (χ1n) is 14.1. The van der Waals surface area contributed by atoms with Crippen LogP contribution in [0.25, 0.3) is 38.9 Å². The first kappa shape index (κ1) is 26.9. The van der Waals surface area contributed by atoms with E-state index in [0.717, 1.165) is 101 Å². The average Bonchev–Trinajstić information content (AvgIpc) is 3.52. The molecule has 0 N–H and O–H groups in total. The highest BCUT2D eigenvalue weighted by Gasteiger charge is 2.27. The minimum absolute atomic E-state index is 0.0830. The molecule has 10 nitrogen and oxygen atoms in total. The summed E-state index contributed by atoms with van der Waals surface area (Å²) in [5.41, 5.74) is 7.02. The summed E-state index contributed by atoms with van der Waals surface area (Å²) in [7, 11) is 5.74. The molecule has 0 aromatic carbocycles. The van der Waals surface area contributed by atoms with E-state index in [0.29, 0.717) is 5.75 Å². The molecule has 0 bridgehead atoms. The van der Waals surface area contributed by atoms with Gasteiger partial charge in [-0.2, -0.15) is 5.10 Å². The van der Waals surface area contributed by atoms with Crippen molar-refractivity contribution in [1.29, 1.82) is 0 Å². The van der Waals surface area contributed by atoms with Crippen molar-refractivity contribution >= 4 is 27.7 Å². The molecule has 0 saturated carbocycles. The molecule has 10 heteroatoms. The van der Waals surface area contributed by atoms with E-state index in [1.807, 2.05) is 48.8 Å². The number of methoxy groups -OCH3 is 1. The molecule has 0 radical (unpaired) electrons. The van der Waals surface area contributed by atoms with Gasteiger partial charge in [0.05, 0.1) is 41.3 Å². The molecule has 5 aromatic heterocycles. The summed E-state index contributed by atoms with van der Waals surface area (Å²) in [5, 5.41) is 6.75. The lowest BCUT2D eigenvalue weighted by atomic mass is 10.1. The van der Waals surface area contributed by atoms with Crippen LogP contribution in [0.4, 0.5) is 0 Å². The number of piperazine rings is 1. The number of ether oxygens (including phenoxy) is 1. The van der Waals surface area contributed by atoms with Gasteiger partial charge >= 0.3 is 0 Å². The number of pyridine rings is 3. The van der Waals surface area contributed by atoms with Gasteiger partial charge in [0.25, 0.3) is 5.91 Å². The molecule has 0 atom stereocenters. The molecule has 6 rings (SSSR count). The summed E-state index contributed by atoms with van der Waals surface area (Å²) in [4.78, 5) is 32.3. The van der Waals surface area contributed by atoms with Crippen LogP contribution in [0.5, 0.6) is 5.75 Å². The number of hydrogen-bond acceptors (Lipinski definition) is 7. The van der Waals surface area contributed by atoms with Gasteiger partial charge in [0.1, 0.15) is 11.4 Å². The number of carbonyl (C=O) groups is 1. The molecule has 1 aliphatic heterocycles. The van der Waals surface area contributed by atoms with Crippen LogP contribution in [0.2, 0.25) is 0 Å². The third-order valence-corrected chi connectivity index (χ3v) is 8.21. The van der Waals surface area contributed by atoms with E-state index in [1.54, 1.807) is 19.5 Å². The number of hydrogen-bond donors (Lipinski definition) is 0. The lowest BCUT2D eigenvalue weighted by Gasteiger charge is -2.32. The zero-order chi connectivity index (χ0) is 28.8. The van der Waals surface area contributed by atoms with Gasteiger partial charge in [0.15, 0.2) is 5.82 Å². The van der Waals surface area contributed by atoms with E-state index in [9.17, 15) is 4.79 Å². The third-order valence-electron chi connectivity index (χ3n) is 8.21. The zero-order valence-corrected chi connectivity index (χ0v) is 24.6. The summed E-state index contributed by atoms with van der Waals surface area (Å²) in [5.74, 6) is 1.51. The molecule has 0 aliphatic carbocycles. The molecule has 5 aromatic rings. The number of nitrogens with zero attached hydrogens (tertiary/aromatic N) is 8. The van der Waals surface area contributed by atoms with Crippen molar-refractivity contribution in [2.24, 2.45) is 7.05 Å². The van der Waals surface area contributed by atoms with Gasteiger partial charge in [-0.3, -0.25) is 14.8 Å². The van der Waals surface area contributed by atoms with Gasteiger partial charge in [-0.1, -0.05) is 13.3 Å². The second-order valence-corrected chi connectivity index (χ2v) is 10.9. The maximum atomic E-state index is 13.8. The Hall–Kier alpha value is -4.31. The van der Waals surface area contributed by atoms with Gasteiger partial charge < -0.3 is 19.1 Å². The summed E-state index contributed by atoms with van der Waals surface area (Å²) in [6.45, 7) is 9.42. The molecule has 1 saturated heterocycles. The number of carbonyl (C=O) groups excluding carboxylic acids is 1. The van der Waals surface area contributed by atoms with Gasteiger partial charge in [-0.25, -0.2) is 9.67 Å². The van der Waals surface area contributed by atoms with Crippen molar-refractivity contribution < 1.29 is 9.53 Å². The fraction of sp³-hybridized carbons (Fsp3) is 0.387. The van der Waals surface area contributed by atoms with E-state index in [-0.39, 0.29) is 5.91 Å². The molecule has 6 heterocycles. The second kappa shape index (κ2) is 10.6. The van der Waals surface area contributed by atoms with E-state index in [4.69, 9.17) is 19.8 Å². The Kier molecular flexibility index (Phi) is 6.94. The number of fused-ring (bicyclic) bond motifs is 2. The predicted octanol–water partition coefficient (Wildman–Crippen LogP) is 4.33. The number of rotatable bonds is 6. The van der Waals surface area contributed by atoms with Crippen LogP contribution in [0.15, 0.2) is 36.8 Å². The molecule has 0 unspecified atom stereocenters. The first-order valence-corrected chi connectivity index (χ1v) is 14.1. The van der Waals surface area contributed by atoms with Crippen molar-refractivity contribution in [2.45, 2.75) is 33.6 Å². The minimum Gasteiger partial charge on any atom is -0.496 e. The van der Waals surface area contributed by atoms with Gasteiger partial charge in [0, 0.05) is 62.1 Å². The number of likely N-dealkylation sites (N-methyl/N-ethyl adjacent to an activating group) is 1. The fourth-order valence-electron chi connectivity index (χ4n) is 5.96. The quantitative estimate of drug-likeness (QED) is 0.309. The SMILES string of the molecule is CCCc1nc(-n2ncc3c(C)nc(-c4cnccc4OC)cc32)cc2c(C)c(C(=O)N3CCN(C)CC3)n(C)c12. The number of aryl methyl sites for hydroxylation is 4. The molecule has 1 amide bonds. The molecule has 212 valence electrons. The number of aromatic nitrogens is 6. The Morgan fingerprint density at radius 1 is 1.02 bits per heavy atom. The lowest BCUT2D eigenvalue weighted by Crippen LogP contribution is -2.47. The Labute approximate surface area is 239 Å². The molecule has 0 spiro atoms. The van der Waals surface area contributed by atoms with Crippen molar-refractivity contribution in [2.75, 3.05) is 40.3 Å². The highest BCUT2D eigenvalue weighted by molar-refractivity contribution is 6.02. The summed E-state index contributed by atoms with van der Waals surface area (Å²) in [6, 6.07) is 5.91. The summed E-state index contributed by atoms with van der Waals surface area (Å²) >= 11 is 0. The molecule has 1 fully saturated rings. The number of amides is 1. The Morgan fingerprint density at radius 2 is 1.80 bits per heavy atom. The maximum absolute atomic E-state index is 13.8. The van der Waals surface area contributed by atoms with Crippen LogP contribution in [0.1, 0.15) is 40.8 Å². The topological polar surface area (TPSA) is 94.2 Å². The molecule has 1 aliphatic rings. The highest BCUT2D eigenvalue weighted by Crippen LogP contribution is 2.34. The van der Waals surface area contributed by atoms with Gasteiger partial charge in [-0.05, 0) is 51.1 Å². The van der Waals surface area contributed by atoms with E-state index < -0.39 is 0 Å². The van der Waals surface area contributed by atoms with Crippen LogP contribution in [0.3, 0.4) is 0 Å². The van der Waals surface area contributed by atoms with Crippen molar-refractivity contribution in [3.8, 4) is 22.8 Å². The second-order valence-electron chi connectivity index (χ2n) is 10.9. The van der Waals surface area contributed by atoms with Crippen molar-refractivity contribution in [3.05, 3.63) is 59.4 Å². The molecule has 41 heavy (non-hydrogen) atoms. The smallest absolute Gasteiger partial charge is 0.270 e. The standard InChI is InChI=1S/C31H36N8O2/c1-7-8-24-30-21(19(2)29(37(30)5)31(40)38-13-11-36(4)12-14-38)15-28(35-24)39-26-16-25(34-20(3)22(26)18-33-39)23-17-32-10-9-27(23)41-6/h9-10,15-18H,7-8,11-14H2,1-6H3. The van der Waals surface area contributed by atoms with Crippen LogP contribution in [-0.4, -0.2) is 85.3 Å². The lowest BCUT2D eigenvalue weighted by molar-refractivity contribution is 0.0654. The minimum atomic E-state index is 0.0830. The van der Waals surface area contributed by atoms with E-state index in [1.165, 1.54) is 0 Å². The maximum Gasteiger partial charge on any atom is 0.270 e. The highest BCUT2D eigenvalue weighted by atomic mass is 16.5. The van der Waals surface area contributed by atoms with Crippen molar-refractivity contribution in [3.63, 3.8) is 0 Å². The summed E-state index contributed by atoms with van der Waals surface area (Å²) < 4.78 is 9.51. The Balaban J connectivity index is 1.52. The average molecular weight is 553 g/mol. The van der Waals surface area contributed by atoms with Gasteiger partial charge in [0.2, 0.25) is 0 Å². The van der Waals surface area contributed by atoms with Crippen molar-refractivity contribution in [1.82, 2.24) is 39.1 Å². The third kappa shape index (κ3) is 4.52. The molecular weight excluding hydrogens is 516 g/mol. The summed E-state index contributed by atoms with van der Waals surface area (Å²) in [6.07, 6.45) is 7.04. The van der Waals surface area contributed by atoms with Crippen LogP contribution < -0.4 is 4.74 Å². The predicted molar refractivity (Wildman–Crippen MR) is 160 cm³/mol. The van der Waals surface area contributed by atoms with Gasteiger partial charge in [-0.15, -0.1) is 0 Å². The molecular formula is C31H36N8O2. The van der Waals surface area contributed by atoms with E-state index in [2.05, 4.69) is 34.5 Å². The monoisotopic (exact) mass is 552 g/mol. The first-order chi connectivity index (χ1) is 19.8. The van der Waals surface area contributed by atoms with Crippen LogP contribution >= 0.6 is 0 Å². The van der Waals surface area contributed by atoms with Crippen LogP contribution in [-0.2, 0) is 13.5 Å². The zero-order valence-electron chi connectivity index (χ0n) is 24.6. The van der Waals surface area contributed by atoms with Crippen LogP contribution in [0, 0.1) is 13.8 Å². The van der Waals surface area contributed by atoms with E-state index >= 15 is 0 Å². The Morgan fingerprint density at radius 3 is 2.54 bits per heavy atom. The Bertz CT molecular complexity index is 1780.